The molecule has 3 fully saturated rings. The van der Waals surface area contributed by atoms with Gasteiger partial charge in [-0.2, -0.15) is 0 Å². The van der Waals surface area contributed by atoms with Crippen molar-refractivity contribution >= 4 is 23.5 Å². The summed E-state index contributed by atoms with van der Waals surface area (Å²) >= 11 is 0. The molecule has 6 rings (SSSR count). The van der Waals surface area contributed by atoms with Gasteiger partial charge in [-0.05, 0) is 80.0 Å². The average molecular weight is 545 g/mol. The highest BCUT2D eigenvalue weighted by atomic mass is 16.5. The summed E-state index contributed by atoms with van der Waals surface area (Å²) < 4.78 is 12.2. The fourth-order valence-electron chi connectivity index (χ4n) is 7.58. The second-order valence-corrected chi connectivity index (χ2v) is 11.8. The summed E-state index contributed by atoms with van der Waals surface area (Å²) in [7, 11) is 0. The molecular weight excluding hydrogens is 504 g/mol. The minimum atomic E-state index is -0.277. The van der Waals surface area contributed by atoms with Gasteiger partial charge < -0.3 is 14.3 Å². The largest absolute Gasteiger partial charge is 0.459 e. The molecular formula is C33H40N2O5. The third kappa shape index (κ3) is 5.10. The number of amides is 2. The van der Waals surface area contributed by atoms with E-state index in [9.17, 15) is 14.7 Å². The minimum Gasteiger partial charge on any atom is -0.459 e. The standard InChI is InChI=1S/C33H40N2O5/c1-2-8-22-18-26-31(33(38)35(32(26)37)23-9-4-3-5-10-23)27-20-39-29(30(22)27)15-12-21(28-11-6-7-16-34-28)17-24-13-14-25(19-36)40-24/h6-7,11,13-14,16-17,23,26-27,29,31,36H,2-5,8-10,12,15,18-20H2,1H3/b21-17-/t26-,27+,29-,31-/m1/s1. The smallest absolute Gasteiger partial charge is 0.234 e. The maximum atomic E-state index is 13.8. The van der Waals surface area contributed by atoms with Crippen molar-refractivity contribution in [3.63, 3.8) is 0 Å². The topological polar surface area (TPSA) is 92.9 Å². The highest BCUT2D eigenvalue weighted by molar-refractivity contribution is 6.06. The summed E-state index contributed by atoms with van der Waals surface area (Å²) in [6.45, 7) is 2.55. The second-order valence-electron chi connectivity index (χ2n) is 11.8. The maximum Gasteiger partial charge on any atom is 0.234 e. The number of fused-ring (bicyclic) bond motifs is 3. The Labute approximate surface area is 236 Å². The molecule has 2 saturated heterocycles. The zero-order valence-corrected chi connectivity index (χ0v) is 23.4. The number of allylic oxidation sites excluding steroid dienone is 2. The monoisotopic (exact) mass is 544 g/mol. The summed E-state index contributed by atoms with van der Waals surface area (Å²) in [6.07, 6.45) is 13.1. The molecule has 2 aromatic rings. The van der Waals surface area contributed by atoms with Crippen LogP contribution in [-0.4, -0.2) is 45.6 Å². The normalized spacial score (nSPS) is 27.4. The third-order valence-corrected chi connectivity index (χ3v) is 9.36. The Morgan fingerprint density at radius 3 is 2.67 bits per heavy atom. The second kappa shape index (κ2) is 11.8. The van der Waals surface area contributed by atoms with Crippen LogP contribution in [0.4, 0.5) is 0 Å². The van der Waals surface area contributed by atoms with Gasteiger partial charge in [0.15, 0.2) is 0 Å². The molecule has 2 aliphatic carbocycles. The van der Waals surface area contributed by atoms with Gasteiger partial charge in [0.1, 0.15) is 18.1 Å². The van der Waals surface area contributed by atoms with Gasteiger partial charge in [-0.3, -0.25) is 19.5 Å². The Hall–Kier alpha value is -3.03. The molecule has 0 spiro atoms. The minimum absolute atomic E-state index is 0.00481. The Kier molecular flexibility index (Phi) is 8.03. The van der Waals surface area contributed by atoms with Crippen molar-refractivity contribution < 1.29 is 23.8 Å². The van der Waals surface area contributed by atoms with Crippen LogP contribution in [0.2, 0.25) is 0 Å². The number of carbonyl (C=O) groups is 2. The van der Waals surface area contributed by atoms with E-state index in [0.717, 1.165) is 62.6 Å². The van der Waals surface area contributed by atoms with Crippen molar-refractivity contribution in [2.24, 2.45) is 17.8 Å². The average Bonchev–Trinajstić information content (AvgIpc) is 3.69. The lowest BCUT2D eigenvalue weighted by Gasteiger charge is -2.32. The van der Waals surface area contributed by atoms with Gasteiger partial charge in [0.25, 0.3) is 0 Å². The van der Waals surface area contributed by atoms with E-state index in [4.69, 9.17) is 9.15 Å². The van der Waals surface area contributed by atoms with Crippen molar-refractivity contribution in [2.75, 3.05) is 6.61 Å². The Morgan fingerprint density at radius 2 is 1.95 bits per heavy atom. The first kappa shape index (κ1) is 27.2. The molecule has 40 heavy (non-hydrogen) atoms. The predicted molar refractivity (Wildman–Crippen MR) is 151 cm³/mol. The van der Waals surface area contributed by atoms with E-state index in [1.807, 2.05) is 30.3 Å². The van der Waals surface area contributed by atoms with Gasteiger partial charge in [-0.1, -0.05) is 44.2 Å². The number of likely N-dealkylation sites (tertiary alicyclic amines) is 1. The number of aliphatic hydroxyl groups is 1. The summed E-state index contributed by atoms with van der Waals surface area (Å²) in [5, 5.41) is 9.42. The number of rotatable bonds is 9. The first-order valence-electron chi connectivity index (χ1n) is 15.1. The molecule has 0 bridgehead atoms. The molecule has 7 heteroatoms. The highest BCUT2D eigenvalue weighted by Gasteiger charge is 2.57. The molecule has 0 radical (unpaired) electrons. The lowest BCUT2D eigenvalue weighted by atomic mass is 9.68. The third-order valence-electron chi connectivity index (χ3n) is 9.36. The number of furan rings is 1. The van der Waals surface area contributed by atoms with Crippen molar-refractivity contribution in [3.8, 4) is 0 Å². The number of carbonyl (C=O) groups excluding carboxylic acids is 2. The first-order chi connectivity index (χ1) is 19.6. The fraction of sp³-hybridized carbons (Fsp3) is 0.545. The lowest BCUT2D eigenvalue weighted by molar-refractivity contribution is -0.143. The van der Waals surface area contributed by atoms with Crippen molar-refractivity contribution in [2.45, 2.75) is 89.9 Å². The number of pyridine rings is 1. The van der Waals surface area contributed by atoms with Gasteiger partial charge in [0.05, 0.1) is 30.2 Å². The molecule has 0 unspecified atom stereocenters. The Morgan fingerprint density at radius 1 is 1.10 bits per heavy atom. The fourth-order valence-corrected chi connectivity index (χ4v) is 7.58. The summed E-state index contributed by atoms with van der Waals surface area (Å²) in [6, 6.07) is 9.59. The molecule has 2 aromatic heterocycles. The van der Waals surface area contributed by atoms with E-state index in [2.05, 4.69) is 11.9 Å². The Balaban J connectivity index is 1.25. The molecule has 2 amide bonds. The summed E-state index contributed by atoms with van der Waals surface area (Å²) in [5.41, 5.74) is 4.54. The molecule has 4 atom stereocenters. The van der Waals surface area contributed by atoms with Gasteiger partial charge in [-0.15, -0.1) is 0 Å². The summed E-state index contributed by atoms with van der Waals surface area (Å²) in [4.78, 5) is 33.7. The number of hydrogen-bond acceptors (Lipinski definition) is 6. The zero-order chi connectivity index (χ0) is 27.6. The zero-order valence-electron chi connectivity index (χ0n) is 23.4. The van der Waals surface area contributed by atoms with Crippen LogP contribution in [0.1, 0.15) is 88.3 Å². The number of aromatic nitrogens is 1. The lowest BCUT2D eigenvalue weighted by Crippen LogP contribution is -2.42. The number of nitrogens with zero attached hydrogens (tertiary/aromatic N) is 2. The van der Waals surface area contributed by atoms with E-state index in [1.165, 1.54) is 17.6 Å². The maximum absolute atomic E-state index is 13.8. The SMILES string of the molecule is CCCC1=C2[C@@H](CC/C(=C/c3ccc(CO)o3)c3ccccn3)OC[C@@H]2[C@@H]2C(=O)N(C3CCCCC3)C(=O)[C@@H]2C1. The van der Waals surface area contributed by atoms with Crippen LogP contribution in [0.15, 0.2) is 52.1 Å². The van der Waals surface area contributed by atoms with Gasteiger partial charge in [-0.25, -0.2) is 0 Å². The molecule has 0 aromatic carbocycles. The predicted octanol–water partition coefficient (Wildman–Crippen LogP) is 5.94. The first-order valence-corrected chi connectivity index (χ1v) is 15.1. The molecule has 2 aliphatic heterocycles. The van der Waals surface area contributed by atoms with Crippen LogP contribution in [0, 0.1) is 17.8 Å². The Bertz CT molecular complexity index is 1290. The molecule has 212 valence electrons. The van der Waals surface area contributed by atoms with Crippen LogP contribution in [0.25, 0.3) is 11.6 Å². The summed E-state index contributed by atoms with van der Waals surface area (Å²) in [5.74, 6) is 0.818. The highest BCUT2D eigenvalue weighted by Crippen LogP contribution is 2.51. The van der Waals surface area contributed by atoms with Crippen molar-refractivity contribution in [3.05, 3.63) is 64.9 Å². The number of hydrogen-bond donors (Lipinski definition) is 1. The quantitative estimate of drug-likeness (QED) is 0.310. The van der Waals surface area contributed by atoms with E-state index >= 15 is 0 Å². The van der Waals surface area contributed by atoms with Crippen LogP contribution in [0.3, 0.4) is 0 Å². The van der Waals surface area contributed by atoms with Crippen molar-refractivity contribution in [1.29, 1.82) is 0 Å². The molecule has 1 saturated carbocycles. The molecule has 4 aliphatic rings. The molecule has 1 N–H and O–H groups in total. The van der Waals surface area contributed by atoms with E-state index in [0.29, 0.717) is 24.5 Å². The number of imide groups is 1. The van der Waals surface area contributed by atoms with Gasteiger partial charge >= 0.3 is 0 Å². The van der Waals surface area contributed by atoms with Gasteiger partial charge in [0, 0.05) is 18.2 Å². The van der Waals surface area contributed by atoms with Gasteiger partial charge in [0.2, 0.25) is 11.8 Å². The number of ether oxygens (including phenoxy) is 1. The van der Waals surface area contributed by atoms with E-state index in [-0.39, 0.29) is 48.3 Å². The molecule has 4 heterocycles. The van der Waals surface area contributed by atoms with Crippen LogP contribution >= 0.6 is 0 Å². The van der Waals surface area contributed by atoms with Crippen LogP contribution in [-0.2, 0) is 20.9 Å². The van der Waals surface area contributed by atoms with E-state index in [1.54, 1.807) is 17.2 Å². The van der Waals surface area contributed by atoms with Crippen molar-refractivity contribution in [1.82, 2.24) is 9.88 Å². The van der Waals surface area contributed by atoms with Crippen LogP contribution < -0.4 is 0 Å². The van der Waals surface area contributed by atoms with Crippen LogP contribution in [0.5, 0.6) is 0 Å². The molecule has 7 nitrogen and oxygen atoms in total. The number of aliphatic hydroxyl groups excluding tert-OH is 1. The van der Waals surface area contributed by atoms with E-state index < -0.39 is 0 Å².